The minimum absolute atomic E-state index is 0.120. The number of rotatable bonds is 10. The van der Waals surface area contributed by atoms with Gasteiger partial charge in [0, 0.05) is 53.9 Å². The van der Waals surface area contributed by atoms with Crippen molar-refractivity contribution in [1.82, 2.24) is 0 Å². The lowest BCUT2D eigenvalue weighted by Gasteiger charge is -2.36. The van der Waals surface area contributed by atoms with Crippen LogP contribution in [0, 0.1) is 0 Å². The molecule has 0 N–H and O–H groups in total. The van der Waals surface area contributed by atoms with E-state index in [0.29, 0.717) is 0 Å². The highest BCUT2D eigenvalue weighted by Gasteiger charge is 2.31. The zero-order chi connectivity index (χ0) is 49.4. The Hall–Kier alpha value is -6.46. The fourth-order valence-electron chi connectivity index (χ4n) is 9.30. The molecule has 0 unspecified atom stereocenters. The predicted molar refractivity (Wildman–Crippen MR) is 309 cm³/mol. The fraction of sp³-hybridized carbons (Fsp3) is 0.182. The van der Waals surface area contributed by atoms with Crippen LogP contribution in [0.4, 0.5) is 34.1 Å². The first-order valence-electron chi connectivity index (χ1n) is 24.3. The van der Waals surface area contributed by atoms with E-state index in [1.807, 2.05) is 0 Å². The van der Waals surface area contributed by atoms with E-state index in [4.69, 9.17) is 0 Å². The second kappa shape index (κ2) is 19.7. The van der Waals surface area contributed by atoms with Crippen molar-refractivity contribution in [3.05, 3.63) is 238 Å². The molecule has 0 spiro atoms. The predicted octanol–water partition coefficient (Wildman–Crippen LogP) is 20.7. The Morgan fingerprint density at radius 1 is 0.271 bits per heavy atom. The smallest absolute Gasteiger partial charge is 0.0618 e. The molecule has 0 aliphatic carbocycles. The number of nitrogens with zero attached hydrogens (tertiary/aromatic N) is 2. The van der Waals surface area contributed by atoms with Crippen LogP contribution in [0.3, 0.4) is 0 Å². The molecule has 350 valence electrons. The van der Waals surface area contributed by atoms with Crippen molar-refractivity contribution in [1.29, 1.82) is 0 Å². The van der Waals surface area contributed by atoms with Gasteiger partial charge in [-0.2, -0.15) is 0 Å². The Morgan fingerprint density at radius 2 is 0.543 bits per heavy atom. The van der Waals surface area contributed by atoms with E-state index in [1.165, 1.54) is 16.7 Å². The van der Waals surface area contributed by atoms with E-state index in [-0.39, 0.29) is 16.2 Å². The lowest BCUT2D eigenvalue weighted by atomic mass is 9.81. The first-order valence-corrected chi connectivity index (χ1v) is 25.9. The molecule has 0 saturated heterocycles. The Balaban J connectivity index is 1.46. The van der Waals surface area contributed by atoms with Crippen LogP contribution in [0.25, 0.3) is 44.5 Å². The summed E-state index contributed by atoms with van der Waals surface area (Å²) in [6.45, 7) is 20.9. The topological polar surface area (TPSA) is 6.48 Å². The van der Waals surface area contributed by atoms with Gasteiger partial charge in [-0.25, -0.2) is 0 Å². The molecule has 0 atom stereocenters. The lowest BCUT2D eigenvalue weighted by molar-refractivity contribution is 0.590. The Bertz CT molecular complexity index is 2930. The van der Waals surface area contributed by atoms with Crippen molar-refractivity contribution < 1.29 is 0 Å². The zero-order valence-corrected chi connectivity index (χ0v) is 45.0. The SMILES string of the molecule is CC(C)(C)c1cc(N(c2cccc(Br)c2)c2c(-c3ccccc3)cc(C(C)(C)C)cc2-c2ccccc2)cc(N(c2cccc(Br)c2)c2c(-c3ccccc3)cc(C(C)(C)C)cc2-c2ccccc2)c1. The second-order valence-electron chi connectivity index (χ2n) is 21.4. The van der Waals surface area contributed by atoms with E-state index in [1.54, 1.807) is 0 Å². The molecule has 2 nitrogen and oxygen atoms in total. The van der Waals surface area contributed by atoms with Crippen molar-refractivity contribution in [2.45, 2.75) is 78.6 Å². The van der Waals surface area contributed by atoms with Gasteiger partial charge < -0.3 is 9.80 Å². The number of benzene rings is 9. The summed E-state index contributed by atoms with van der Waals surface area (Å²) < 4.78 is 2.01. The first-order chi connectivity index (χ1) is 33.4. The van der Waals surface area contributed by atoms with Gasteiger partial charge in [0.05, 0.1) is 11.4 Å². The Labute approximate surface area is 434 Å². The van der Waals surface area contributed by atoms with E-state index in [9.17, 15) is 0 Å². The van der Waals surface area contributed by atoms with Crippen LogP contribution in [-0.2, 0) is 16.2 Å². The number of halogens is 2. The molecule has 0 radical (unpaired) electrons. The molecule has 0 amide bonds. The van der Waals surface area contributed by atoms with Gasteiger partial charge in [-0.3, -0.25) is 0 Å². The first kappa shape index (κ1) is 48.6. The summed E-state index contributed by atoms with van der Waals surface area (Å²) in [6.07, 6.45) is 0. The van der Waals surface area contributed by atoms with Gasteiger partial charge in [0.1, 0.15) is 0 Å². The van der Waals surface area contributed by atoms with Gasteiger partial charge in [0.15, 0.2) is 0 Å². The molecular weight excluding hydrogens is 981 g/mol. The van der Waals surface area contributed by atoms with Crippen LogP contribution in [0.1, 0.15) is 79.0 Å². The molecule has 0 aromatic heterocycles. The fourth-order valence-corrected chi connectivity index (χ4v) is 10.1. The molecule has 0 bridgehead atoms. The van der Waals surface area contributed by atoms with Crippen LogP contribution in [0.15, 0.2) is 221 Å². The molecule has 9 aromatic rings. The molecule has 0 heterocycles. The highest BCUT2D eigenvalue weighted by molar-refractivity contribution is 9.10. The minimum Gasteiger partial charge on any atom is -0.309 e. The maximum absolute atomic E-state index is 3.93. The monoisotopic (exact) mass is 1040 g/mol. The third-order valence-corrected chi connectivity index (χ3v) is 14.1. The number of anilines is 6. The maximum Gasteiger partial charge on any atom is 0.0618 e. The number of hydrogen-bond donors (Lipinski definition) is 0. The summed E-state index contributed by atoms with van der Waals surface area (Å²) in [6, 6.07) is 78.2. The van der Waals surface area contributed by atoms with Crippen LogP contribution in [-0.4, -0.2) is 0 Å². The van der Waals surface area contributed by atoms with Gasteiger partial charge >= 0.3 is 0 Å². The van der Waals surface area contributed by atoms with Gasteiger partial charge in [-0.05, 0) is 134 Å². The van der Waals surface area contributed by atoms with Crippen LogP contribution in [0.2, 0.25) is 0 Å². The Kier molecular flexibility index (Phi) is 13.7. The average Bonchev–Trinajstić information content (AvgIpc) is 3.34. The molecule has 9 rings (SSSR count). The highest BCUT2D eigenvalue weighted by Crippen LogP contribution is 2.53. The van der Waals surface area contributed by atoms with E-state index >= 15 is 0 Å². The molecule has 9 aromatic carbocycles. The largest absolute Gasteiger partial charge is 0.309 e. The summed E-state index contributed by atoms with van der Waals surface area (Å²) in [5.74, 6) is 0. The van der Waals surface area contributed by atoms with E-state index < -0.39 is 0 Å². The summed E-state index contributed by atoms with van der Waals surface area (Å²) in [5.41, 5.74) is 18.9. The Morgan fingerprint density at radius 3 is 0.800 bits per heavy atom. The van der Waals surface area contributed by atoms with Gasteiger partial charge in [0.2, 0.25) is 0 Å². The van der Waals surface area contributed by atoms with Crippen molar-refractivity contribution in [3.8, 4) is 44.5 Å². The third-order valence-electron chi connectivity index (χ3n) is 13.2. The van der Waals surface area contributed by atoms with Crippen molar-refractivity contribution in [2.24, 2.45) is 0 Å². The summed E-state index contributed by atoms with van der Waals surface area (Å²) in [5, 5.41) is 0. The average molecular weight is 1040 g/mol. The van der Waals surface area contributed by atoms with Crippen LogP contribution >= 0.6 is 31.9 Å². The molecule has 0 fully saturated rings. The molecule has 4 heteroatoms. The second-order valence-corrected chi connectivity index (χ2v) is 23.3. The lowest BCUT2D eigenvalue weighted by Crippen LogP contribution is -2.20. The van der Waals surface area contributed by atoms with Crippen molar-refractivity contribution >= 4 is 66.0 Å². The van der Waals surface area contributed by atoms with Gasteiger partial charge in [0.25, 0.3) is 0 Å². The zero-order valence-electron chi connectivity index (χ0n) is 41.9. The quantitative estimate of drug-likeness (QED) is 0.135. The van der Waals surface area contributed by atoms with Crippen LogP contribution in [0.5, 0.6) is 0 Å². The molecular formula is C66H62Br2N2. The summed E-state index contributed by atoms with van der Waals surface area (Å²) in [4.78, 5) is 5.03. The molecule has 0 saturated carbocycles. The standard InChI is InChI=1S/C66H62Br2N2/c1-64(2,3)49-36-56(69(54-34-22-32-52(67)42-54)62-58(45-24-14-10-15-25-45)38-50(65(4,5)6)39-59(62)46-26-16-11-17-27-46)44-57(37-49)70(55-35-23-33-53(68)43-55)63-60(47-28-18-12-19-29-47)40-51(66(7,8)9)41-61(63)48-30-20-13-21-31-48/h10-44H,1-9H3. The van der Waals surface area contributed by atoms with Crippen molar-refractivity contribution in [3.63, 3.8) is 0 Å². The van der Waals surface area contributed by atoms with Crippen molar-refractivity contribution in [2.75, 3.05) is 9.80 Å². The minimum atomic E-state index is -0.238. The third kappa shape index (κ3) is 10.4. The van der Waals surface area contributed by atoms with Crippen LogP contribution < -0.4 is 9.80 Å². The maximum atomic E-state index is 3.93. The van der Waals surface area contributed by atoms with E-state index in [0.717, 1.165) is 87.6 Å². The summed E-state index contributed by atoms with van der Waals surface area (Å²) >= 11 is 7.87. The number of hydrogen-bond acceptors (Lipinski definition) is 2. The normalized spacial score (nSPS) is 11.9. The molecule has 70 heavy (non-hydrogen) atoms. The van der Waals surface area contributed by atoms with Gasteiger partial charge in [-0.15, -0.1) is 0 Å². The molecule has 0 aliphatic rings. The highest BCUT2D eigenvalue weighted by atomic mass is 79.9. The van der Waals surface area contributed by atoms with E-state index in [2.05, 4.69) is 316 Å². The summed E-state index contributed by atoms with van der Waals surface area (Å²) in [7, 11) is 0. The van der Waals surface area contributed by atoms with Gasteiger partial charge in [-0.1, -0.05) is 228 Å². The molecule has 0 aliphatic heterocycles.